The maximum absolute atomic E-state index is 11.0. The van der Waals surface area contributed by atoms with Gasteiger partial charge in [-0.25, -0.2) is 0 Å². The van der Waals surface area contributed by atoms with E-state index in [4.69, 9.17) is 11.6 Å². The fourth-order valence-electron chi connectivity index (χ4n) is 2.23. The molecule has 1 aromatic rings. The molecule has 0 saturated heterocycles. The number of nitrogens with one attached hydrogen (secondary N) is 1. The Morgan fingerprint density at radius 3 is 3.12 bits per heavy atom. The molecular formula is C13H16ClNO. The standard InChI is InChI=1S/C13H16ClNO/c1-9(16)2-5-13-12-4-3-11(14)8-10(12)6-7-15-13/h3-4,8,13,15H,2,5-7H2,1H3. The summed E-state index contributed by atoms with van der Waals surface area (Å²) in [6, 6.07) is 6.35. The van der Waals surface area contributed by atoms with Gasteiger partial charge in [0, 0.05) is 17.5 Å². The van der Waals surface area contributed by atoms with Crippen LogP contribution in [0.3, 0.4) is 0 Å². The molecule has 0 amide bonds. The van der Waals surface area contributed by atoms with Gasteiger partial charge in [-0.05, 0) is 49.6 Å². The van der Waals surface area contributed by atoms with Crippen molar-refractivity contribution in [2.45, 2.75) is 32.2 Å². The van der Waals surface area contributed by atoms with Crippen LogP contribution in [0.15, 0.2) is 18.2 Å². The molecule has 2 nitrogen and oxygen atoms in total. The van der Waals surface area contributed by atoms with E-state index in [1.54, 1.807) is 6.92 Å². The quantitative estimate of drug-likeness (QED) is 0.876. The molecule has 0 aromatic heterocycles. The van der Waals surface area contributed by atoms with Crippen molar-refractivity contribution in [1.82, 2.24) is 5.32 Å². The first-order valence-corrected chi connectivity index (χ1v) is 6.06. The molecule has 2 rings (SSSR count). The Balaban J connectivity index is 2.16. The molecular weight excluding hydrogens is 222 g/mol. The number of ketones is 1. The Morgan fingerprint density at radius 2 is 2.38 bits per heavy atom. The molecule has 0 saturated carbocycles. The SMILES string of the molecule is CC(=O)CCC1NCCc2cc(Cl)ccc21. The Morgan fingerprint density at radius 1 is 1.56 bits per heavy atom. The van der Waals surface area contributed by atoms with E-state index in [0.717, 1.165) is 24.4 Å². The number of carbonyl (C=O) groups excluding carboxylic acids is 1. The number of Topliss-reactive ketones (excluding diaryl/α,β-unsaturated/α-hetero) is 1. The predicted octanol–water partition coefficient (Wildman–Crippen LogP) is 2.90. The summed E-state index contributed by atoms with van der Waals surface area (Å²) >= 11 is 5.98. The Kier molecular flexibility index (Phi) is 3.62. The fraction of sp³-hybridized carbons (Fsp3) is 0.462. The summed E-state index contributed by atoms with van der Waals surface area (Å²) in [7, 11) is 0. The van der Waals surface area contributed by atoms with Crippen molar-refractivity contribution in [3.63, 3.8) is 0 Å². The average molecular weight is 238 g/mol. The Labute approximate surface area is 101 Å². The van der Waals surface area contributed by atoms with Crippen molar-refractivity contribution in [3.05, 3.63) is 34.3 Å². The first kappa shape index (κ1) is 11.6. The Bertz CT molecular complexity index is 403. The van der Waals surface area contributed by atoms with E-state index in [-0.39, 0.29) is 5.78 Å². The minimum Gasteiger partial charge on any atom is -0.310 e. The van der Waals surface area contributed by atoms with E-state index < -0.39 is 0 Å². The Hall–Kier alpha value is -0.860. The van der Waals surface area contributed by atoms with E-state index in [0.29, 0.717) is 12.5 Å². The molecule has 3 heteroatoms. The minimum atomic E-state index is 0.253. The molecule has 1 heterocycles. The van der Waals surface area contributed by atoms with E-state index in [1.807, 2.05) is 12.1 Å². The highest BCUT2D eigenvalue weighted by Crippen LogP contribution is 2.28. The van der Waals surface area contributed by atoms with Gasteiger partial charge in [0.05, 0.1) is 0 Å². The van der Waals surface area contributed by atoms with E-state index >= 15 is 0 Å². The molecule has 1 atom stereocenters. The van der Waals surface area contributed by atoms with E-state index in [9.17, 15) is 4.79 Å². The minimum absolute atomic E-state index is 0.253. The van der Waals surface area contributed by atoms with Gasteiger partial charge in [-0.3, -0.25) is 0 Å². The highest BCUT2D eigenvalue weighted by Gasteiger charge is 2.19. The van der Waals surface area contributed by atoms with Gasteiger partial charge in [0.15, 0.2) is 0 Å². The van der Waals surface area contributed by atoms with Crippen LogP contribution in [0.25, 0.3) is 0 Å². The lowest BCUT2D eigenvalue weighted by Gasteiger charge is -2.26. The third-order valence-electron chi connectivity index (χ3n) is 3.05. The van der Waals surface area contributed by atoms with Crippen molar-refractivity contribution in [2.75, 3.05) is 6.54 Å². The maximum atomic E-state index is 11.0. The lowest BCUT2D eigenvalue weighted by atomic mass is 9.91. The first-order chi connectivity index (χ1) is 7.66. The zero-order valence-corrected chi connectivity index (χ0v) is 10.2. The number of rotatable bonds is 3. The molecule has 1 unspecified atom stereocenters. The summed E-state index contributed by atoms with van der Waals surface area (Å²) in [4.78, 5) is 11.0. The van der Waals surface area contributed by atoms with E-state index in [2.05, 4.69) is 11.4 Å². The van der Waals surface area contributed by atoms with Gasteiger partial charge in [-0.1, -0.05) is 17.7 Å². The van der Waals surface area contributed by atoms with Crippen LogP contribution >= 0.6 is 11.6 Å². The third kappa shape index (κ3) is 2.63. The van der Waals surface area contributed by atoms with Crippen LogP contribution < -0.4 is 5.32 Å². The molecule has 86 valence electrons. The van der Waals surface area contributed by atoms with Crippen LogP contribution in [0, 0.1) is 0 Å². The summed E-state index contributed by atoms with van der Waals surface area (Å²) < 4.78 is 0. The number of halogens is 1. The highest BCUT2D eigenvalue weighted by atomic mass is 35.5. The van der Waals surface area contributed by atoms with Gasteiger partial charge in [0.2, 0.25) is 0 Å². The average Bonchev–Trinajstić information content (AvgIpc) is 2.25. The largest absolute Gasteiger partial charge is 0.310 e. The molecule has 0 spiro atoms. The maximum Gasteiger partial charge on any atom is 0.129 e. The topological polar surface area (TPSA) is 29.1 Å². The van der Waals surface area contributed by atoms with E-state index in [1.165, 1.54) is 11.1 Å². The summed E-state index contributed by atoms with van der Waals surface area (Å²) in [6.07, 6.45) is 2.54. The van der Waals surface area contributed by atoms with Crippen LogP contribution in [0.1, 0.15) is 36.9 Å². The second kappa shape index (κ2) is 4.98. The van der Waals surface area contributed by atoms with Crippen molar-refractivity contribution >= 4 is 17.4 Å². The molecule has 0 bridgehead atoms. The van der Waals surface area contributed by atoms with Crippen LogP contribution in [0.5, 0.6) is 0 Å². The van der Waals surface area contributed by atoms with Crippen molar-refractivity contribution in [3.8, 4) is 0 Å². The molecule has 1 aliphatic rings. The predicted molar refractivity (Wildman–Crippen MR) is 65.8 cm³/mol. The monoisotopic (exact) mass is 237 g/mol. The second-order valence-electron chi connectivity index (χ2n) is 4.34. The molecule has 1 N–H and O–H groups in total. The zero-order valence-electron chi connectivity index (χ0n) is 9.42. The van der Waals surface area contributed by atoms with Crippen LogP contribution in [0.2, 0.25) is 5.02 Å². The normalized spacial score (nSPS) is 19.2. The summed E-state index contributed by atoms with van der Waals surface area (Å²) in [5, 5.41) is 4.25. The van der Waals surface area contributed by atoms with Crippen molar-refractivity contribution in [2.24, 2.45) is 0 Å². The summed E-state index contributed by atoms with van der Waals surface area (Å²) in [5.74, 6) is 0.253. The lowest BCUT2D eigenvalue weighted by Crippen LogP contribution is -2.30. The highest BCUT2D eigenvalue weighted by molar-refractivity contribution is 6.30. The van der Waals surface area contributed by atoms with Gasteiger partial charge in [-0.2, -0.15) is 0 Å². The van der Waals surface area contributed by atoms with Gasteiger partial charge in [-0.15, -0.1) is 0 Å². The number of carbonyl (C=O) groups is 1. The van der Waals surface area contributed by atoms with Crippen LogP contribution in [0.4, 0.5) is 0 Å². The smallest absolute Gasteiger partial charge is 0.129 e. The number of hydrogen-bond donors (Lipinski definition) is 1. The lowest BCUT2D eigenvalue weighted by molar-refractivity contribution is -0.117. The summed E-state index contributed by atoms with van der Waals surface area (Å²) in [5.41, 5.74) is 2.62. The number of fused-ring (bicyclic) bond motifs is 1. The van der Waals surface area contributed by atoms with Gasteiger partial charge in [0.1, 0.15) is 5.78 Å². The summed E-state index contributed by atoms with van der Waals surface area (Å²) in [6.45, 7) is 2.61. The first-order valence-electron chi connectivity index (χ1n) is 5.68. The molecule has 1 aliphatic heterocycles. The van der Waals surface area contributed by atoms with Crippen molar-refractivity contribution < 1.29 is 4.79 Å². The molecule has 0 radical (unpaired) electrons. The molecule has 0 aliphatic carbocycles. The van der Waals surface area contributed by atoms with Gasteiger partial charge < -0.3 is 10.1 Å². The molecule has 0 fully saturated rings. The van der Waals surface area contributed by atoms with Gasteiger partial charge >= 0.3 is 0 Å². The number of hydrogen-bond acceptors (Lipinski definition) is 2. The second-order valence-corrected chi connectivity index (χ2v) is 4.78. The fourth-order valence-corrected chi connectivity index (χ4v) is 2.42. The molecule has 1 aromatic carbocycles. The number of benzene rings is 1. The third-order valence-corrected chi connectivity index (χ3v) is 3.29. The van der Waals surface area contributed by atoms with Crippen LogP contribution in [-0.2, 0) is 11.2 Å². The molecule has 16 heavy (non-hydrogen) atoms. The van der Waals surface area contributed by atoms with Crippen molar-refractivity contribution in [1.29, 1.82) is 0 Å². The zero-order chi connectivity index (χ0) is 11.5. The van der Waals surface area contributed by atoms with Gasteiger partial charge in [0.25, 0.3) is 0 Å². The van der Waals surface area contributed by atoms with Crippen LogP contribution in [-0.4, -0.2) is 12.3 Å².